The predicted molar refractivity (Wildman–Crippen MR) is 140 cm³/mol. The van der Waals surface area contributed by atoms with Gasteiger partial charge in [-0.25, -0.2) is 0 Å². The van der Waals surface area contributed by atoms with Crippen LogP contribution < -0.4 is 5.32 Å². The average molecular weight is 537 g/mol. The average Bonchev–Trinajstić information content (AvgIpc) is 3.23. The monoisotopic (exact) mass is 536 g/mol. The number of phenolic OH excluding ortho intramolecular Hbond substituents is 1. The number of aromatic nitrogens is 3. The summed E-state index contributed by atoms with van der Waals surface area (Å²) >= 11 is 4.79. The van der Waals surface area contributed by atoms with Crippen molar-refractivity contribution >= 4 is 33.6 Å². The highest BCUT2D eigenvalue weighted by molar-refractivity contribution is 9.10. The second kappa shape index (κ2) is 10.9. The Hall–Kier alpha value is -3.10. The third kappa shape index (κ3) is 5.69. The SMILES string of the molecule is Cc1ccc(-n2c(SCC(=O)NCCc3ccccc3)nnc2-c2cc(Br)ccc2O)c(C)c1. The largest absolute Gasteiger partial charge is 0.507 e. The molecule has 4 aromatic rings. The lowest BCUT2D eigenvalue weighted by Crippen LogP contribution is -2.27. The Morgan fingerprint density at radius 2 is 1.85 bits per heavy atom. The molecule has 1 amide bonds. The summed E-state index contributed by atoms with van der Waals surface area (Å²) in [7, 11) is 0. The molecule has 0 aliphatic carbocycles. The van der Waals surface area contributed by atoms with E-state index in [4.69, 9.17) is 0 Å². The highest BCUT2D eigenvalue weighted by Crippen LogP contribution is 2.35. The molecule has 174 valence electrons. The van der Waals surface area contributed by atoms with E-state index in [2.05, 4.69) is 37.5 Å². The number of thioether (sulfide) groups is 1. The van der Waals surface area contributed by atoms with E-state index >= 15 is 0 Å². The first-order valence-electron chi connectivity index (χ1n) is 10.9. The molecule has 0 aliphatic heterocycles. The zero-order chi connectivity index (χ0) is 24.1. The molecular weight excluding hydrogens is 512 g/mol. The number of aryl methyl sites for hydroxylation is 2. The van der Waals surface area contributed by atoms with Gasteiger partial charge in [0.1, 0.15) is 5.75 Å². The van der Waals surface area contributed by atoms with Gasteiger partial charge in [-0.3, -0.25) is 9.36 Å². The topological polar surface area (TPSA) is 80.0 Å². The van der Waals surface area contributed by atoms with Gasteiger partial charge < -0.3 is 10.4 Å². The third-order valence-electron chi connectivity index (χ3n) is 5.34. The number of halogens is 1. The standard InChI is InChI=1S/C26H25BrN4O2S/c1-17-8-10-22(18(2)14-17)31-25(21-15-20(27)9-11-23(21)32)29-30-26(31)34-16-24(33)28-13-12-19-6-4-3-5-7-19/h3-11,14-15,32H,12-13,16H2,1-2H3,(H,28,33). The number of benzene rings is 3. The number of nitrogens with one attached hydrogen (secondary N) is 1. The fourth-order valence-corrected chi connectivity index (χ4v) is 4.81. The lowest BCUT2D eigenvalue weighted by atomic mass is 10.1. The minimum Gasteiger partial charge on any atom is -0.507 e. The van der Waals surface area contributed by atoms with E-state index in [1.165, 1.54) is 17.3 Å². The van der Waals surface area contributed by atoms with Gasteiger partial charge in [0.15, 0.2) is 11.0 Å². The van der Waals surface area contributed by atoms with Crippen LogP contribution in [0, 0.1) is 13.8 Å². The number of rotatable bonds is 8. The van der Waals surface area contributed by atoms with Crippen molar-refractivity contribution in [2.45, 2.75) is 25.4 Å². The summed E-state index contributed by atoms with van der Waals surface area (Å²) in [5, 5.41) is 22.8. The van der Waals surface area contributed by atoms with E-state index in [-0.39, 0.29) is 17.4 Å². The Labute approximate surface area is 211 Å². The van der Waals surface area contributed by atoms with Gasteiger partial charge in [-0.15, -0.1) is 10.2 Å². The van der Waals surface area contributed by atoms with Crippen molar-refractivity contribution in [1.29, 1.82) is 0 Å². The molecule has 0 unspecified atom stereocenters. The zero-order valence-electron chi connectivity index (χ0n) is 19.0. The molecule has 1 heterocycles. The molecule has 0 radical (unpaired) electrons. The summed E-state index contributed by atoms with van der Waals surface area (Å²) in [6.07, 6.45) is 0.780. The van der Waals surface area contributed by atoms with Crippen LogP contribution in [0.3, 0.4) is 0 Å². The summed E-state index contributed by atoms with van der Waals surface area (Å²) < 4.78 is 2.72. The predicted octanol–water partition coefficient (Wildman–Crippen LogP) is 5.47. The molecule has 34 heavy (non-hydrogen) atoms. The van der Waals surface area contributed by atoms with Crippen LogP contribution in [-0.2, 0) is 11.2 Å². The molecule has 8 heteroatoms. The second-order valence-corrected chi connectivity index (χ2v) is 9.83. The summed E-state index contributed by atoms with van der Waals surface area (Å²) in [5.74, 6) is 0.764. The maximum Gasteiger partial charge on any atom is 0.230 e. The first-order valence-corrected chi connectivity index (χ1v) is 12.7. The lowest BCUT2D eigenvalue weighted by molar-refractivity contribution is -0.118. The molecule has 1 aromatic heterocycles. The summed E-state index contributed by atoms with van der Waals surface area (Å²) in [6.45, 7) is 4.64. The molecule has 0 atom stereocenters. The van der Waals surface area contributed by atoms with Gasteiger partial charge in [-0.05, 0) is 55.7 Å². The van der Waals surface area contributed by atoms with Crippen LogP contribution in [0.25, 0.3) is 17.1 Å². The third-order valence-corrected chi connectivity index (χ3v) is 6.76. The number of amides is 1. The van der Waals surface area contributed by atoms with Gasteiger partial charge in [0.05, 0.1) is 17.0 Å². The molecule has 6 nitrogen and oxygen atoms in total. The smallest absolute Gasteiger partial charge is 0.230 e. The minimum atomic E-state index is -0.0667. The Morgan fingerprint density at radius 1 is 1.06 bits per heavy atom. The number of hydrogen-bond acceptors (Lipinski definition) is 5. The molecule has 0 fully saturated rings. The molecule has 2 N–H and O–H groups in total. The quantitative estimate of drug-likeness (QED) is 0.292. The Balaban J connectivity index is 1.57. The number of hydrogen-bond donors (Lipinski definition) is 2. The molecule has 0 bridgehead atoms. The van der Waals surface area contributed by atoms with Gasteiger partial charge in [0.2, 0.25) is 5.91 Å². The maximum absolute atomic E-state index is 12.5. The van der Waals surface area contributed by atoms with Crippen LogP contribution >= 0.6 is 27.7 Å². The minimum absolute atomic E-state index is 0.0667. The fraction of sp³-hybridized carbons (Fsp3) is 0.192. The van der Waals surface area contributed by atoms with Crippen molar-refractivity contribution in [3.05, 3.63) is 87.9 Å². The van der Waals surface area contributed by atoms with Crippen LogP contribution in [0.5, 0.6) is 5.75 Å². The Bertz CT molecular complexity index is 1310. The van der Waals surface area contributed by atoms with Gasteiger partial charge >= 0.3 is 0 Å². The maximum atomic E-state index is 12.5. The van der Waals surface area contributed by atoms with E-state index in [9.17, 15) is 9.90 Å². The van der Waals surface area contributed by atoms with E-state index in [0.29, 0.717) is 23.1 Å². The number of carbonyl (C=O) groups is 1. The van der Waals surface area contributed by atoms with E-state index < -0.39 is 0 Å². The fourth-order valence-electron chi connectivity index (χ4n) is 3.67. The number of carbonyl (C=O) groups excluding carboxylic acids is 1. The van der Waals surface area contributed by atoms with Crippen LogP contribution in [0.4, 0.5) is 0 Å². The lowest BCUT2D eigenvalue weighted by Gasteiger charge is -2.14. The van der Waals surface area contributed by atoms with Crippen molar-refractivity contribution in [1.82, 2.24) is 20.1 Å². The first-order chi connectivity index (χ1) is 16.4. The Morgan fingerprint density at radius 3 is 2.62 bits per heavy atom. The molecule has 0 saturated heterocycles. The van der Waals surface area contributed by atoms with Crippen molar-refractivity contribution in [3.8, 4) is 22.8 Å². The van der Waals surface area contributed by atoms with Crippen LogP contribution in [0.15, 0.2) is 76.4 Å². The second-order valence-electron chi connectivity index (χ2n) is 7.97. The van der Waals surface area contributed by atoms with Crippen LogP contribution in [0.2, 0.25) is 0 Å². The van der Waals surface area contributed by atoms with Gasteiger partial charge in [-0.2, -0.15) is 0 Å². The summed E-state index contributed by atoms with van der Waals surface area (Å²) in [6, 6.07) is 21.4. The number of nitrogens with zero attached hydrogens (tertiary/aromatic N) is 3. The molecule has 4 rings (SSSR count). The van der Waals surface area contributed by atoms with Crippen molar-refractivity contribution in [2.75, 3.05) is 12.3 Å². The zero-order valence-corrected chi connectivity index (χ0v) is 21.4. The van der Waals surface area contributed by atoms with Crippen LogP contribution in [0.1, 0.15) is 16.7 Å². The normalized spacial score (nSPS) is 10.9. The van der Waals surface area contributed by atoms with Gasteiger partial charge in [-0.1, -0.05) is 75.7 Å². The van der Waals surface area contributed by atoms with E-state index in [1.807, 2.05) is 66.9 Å². The highest BCUT2D eigenvalue weighted by Gasteiger charge is 2.21. The van der Waals surface area contributed by atoms with E-state index in [0.717, 1.165) is 27.7 Å². The highest BCUT2D eigenvalue weighted by atomic mass is 79.9. The first kappa shape index (κ1) is 24.0. The van der Waals surface area contributed by atoms with Crippen molar-refractivity contribution in [3.63, 3.8) is 0 Å². The van der Waals surface area contributed by atoms with Gasteiger partial charge in [0.25, 0.3) is 0 Å². The van der Waals surface area contributed by atoms with Crippen molar-refractivity contribution in [2.24, 2.45) is 0 Å². The Kier molecular flexibility index (Phi) is 7.70. The molecule has 0 saturated carbocycles. The number of aromatic hydroxyl groups is 1. The van der Waals surface area contributed by atoms with Gasteiger partial charge in [0, 0.05) is 11.0 Å². The molecular formula is C26H25BrN4O2S. The number of phenols is 1. The molecule has 0 aliphatic rings. The molecule has 0 spiro atoms. The summed E-state index contributed by atoms with van der Waals surface area (Å²) in [4.78, 5) is 12.5. The van der Waals surface area contributed by atoms with Crippen molar-refractivity contribution < 1.29 is 9.90 Å². The summed E-state index contributed by atoms with van der Waals surface area (Å²) in [5.41, 5.74) is 4.83. The van der Waals surface area contributed by atoms with Crippen LogP contribution in [-0.4, -0.2) is 38.1 Å². The van der Waals surface area contributed by atoms with E-state index in [1.54, 1.807) is 12.1 Å². The molecule has 3 aromatic carbocycles.